The number of hydrogen-bond acceptors (Lipinski definition) is 3. The van der Waals surface area contributed by atoms with E-state index in [2.05, 4.69) is 58.8 Å². The Labute approximate surface area is 121 Å². The number of hydrogen-bond donors (Lipinski definition) is 1. The van der Waals surface area contributed by atoms with Crippen LogP contribution in [0.5, 0.6) is 0 Å². The minimum Gasteiger partial charge on any atom is -0.313 e. The highest BCUT2D eigenvalue weighted by Crippen LogP contribution is 2.32. The Kier molecular flexibility index (Phi) is 3.97. The predicted molar refractivity (Wildman–Crippen MR) is 86.3 cm³/mol. The van der Waals surface area contributed by atoms with Crippen molar-refractivity contribution in [3.05, 3.63) is 57.6 Å². The van der Waals surface area contributed by atoms with E-state index in [9.17, 15) is 0 Å². The Hall–Kier alpha value is -1.16. The van der Waals surface area contributed by atoms with Crippen molar-refractivity contribution in [1.29, 1.82) is 0 Å². The van der Waals surface area contributed by atoms with Gasteiger partial charge in [0, 0.05) is 10.7 Å². The molecule has 0 spiro atoms. The summed E-state index contributed by atoms with van der Waals surface area (Å²) >= 11 is 3.62. The van der Waals surface area contributed by atoms with Crippen molar-refractivity contribution in [2.24, 2.45) is 0 Å². The van der Waals surface area contributed by atoms with Gasteiger partial charge in [0.05, 0.1) is 0 Å². The zero-order valence-electron chi connectivity index (χ0n) is 10.9. The Balaban J connectivity index is 1.81. The first-order chi connectivity index (χ1) is 9.38. The number of nitrogens with one attached hydrogen (secondary N) is 1. The highest BCUT2D eigenvalue weighted by Gasteiger charge is 2.14. The zero-order valence-corrected chi connectivity index (χ0v) is 12.6. The first kappa shape index (κ1) is 12.9. The molecule has 3 heteroatoms. The van der Waals surface area contributed by atoms with Crippen LogP contribution in [0.3, 0.4) is 0 Å². The van der Waals surface area contributed by atoms with Gasteiger partial charge < -0.3 is 5.32 Å². The number of benzene rings is 1. The smallest absolute Gasteiger partial charge is 0.0346 e. The highest BCUT2D eigenvalue weighted by molar-refractivity contribution is 7.17. The first-order valence-corrected chi connectivity index (χ1v) is 8.35. The molecular weight excluding hydrogens is 270 g/mol. The van der Waals surface area contributed by atoms with Gasteiger partial charge in [0.15, 0.2) is 0 Å². The lowest BCUT2D eigenvalue weighted by Crippen LogP contribution is -2.16. The molecule has 1 unspecified atom stereocenters. The van der Waals surface area contributed by atoms with E-state index in [0.29, 0.717) is 6.04 Å². The molecule has 0 saturated carbocycles. The van der Waals surface area contributed by atoms with Gasteiger partial charge in [0.2, 0.25) is 0 Å². The molecule has 3 rings (SSSR count). The van der Waals surface area contributed by atoms with Gasteiger partial charge >= 0.3 is 0 Å². The summed E-state index contributed by atoms with van der Waals surface area (Å²) in [6.07, 6.45) is 2.28. The highest BCUT2D eigenvalue weighted by atomic mass is 32.1. The van der Waals surface area contributed by atoms with Crippen LogP contribution in [0.25, 0.3) is 10.1 Å². The molecule has 1 nitrogen and oxygen atoms in total. The maximum Gasteiger partial charge on any atom is 0.0346 e. The summed E-state index contributed by atoms with van der Waals surface area (Å²) in [5, 5.41) is 11.6. The second kappa shape index (κ2) is 5.87. The molecule has 0 saturated heterocycles. The van der Waals surface area contributed by atoms with Crippen molar-refractivity contribution in [1.82, 2.24) is 5.32 Å². The molecule has 0 aliphatic heterocycles. The molecule has 1 atom stereocenters. The summed E-state index contributed by atoms with van der Waals surface area (Å²) < 4.78 is 1.38. The third-order valence-corrected chi connectivity index (χ3v) is 5.25. The minimum absolute atomic E-state index is 0.441. The molecule has 98 valence electrons. The van der Waals surface area contributed by atoms with E-state index in [-0.39, 0.29) is 0 Å². The molecule has 0 bridgehead atoms. The average Bonchev–Trinajstić information content (AvgIpc) is 3.09. The lowest BCUT2D eigenvalue weighted by molar-refractivity contribution is 0.554. The molecular formula is C16H17NS2. The largest absolute Gasteiger partial charge is 0.313 e. The molecule has 0 amide bonds. The van der Waals surface area contributed by atoms with Crippen molar-refractivity contribution in [3.63, 3.8) is 0 Å². The molecule has 0 radical (unpaired) electrons. The minimum atomic E-state index is 0.441. The Bertz CT molecular complexity index is 640. The SMILES string of the molecule is CNC(CCc1ccsc1)c1csc2ccccc12. The van der Waals surface area contributed by atoms with Crippen LogP contribution in [0.1, 0.15) is 23.6 Å². The van der Waals surface area contributed by atoms with E-state index in [0.717, 1.165) is 12.8 Å². The molecule has 0 fully saturated rings. The first-order valence-electron chi connectivity index (χ1n) is 6.53. The Morgan fingerprint density at radius 1 is 1.16 bits per heavy atom. The van der Waals surface area contributed by atoms with Crippen LogP contribution in [-0.2, 0) is 6.42 Å². The third-order valence-electron chi connectivity index (χ3n) is 3.54. The van der Waals surface area contributed by atoms with Gasteiger partial charge in [0.25, 0.3) is 0 Å². The third kappa shape index (κ3) is 2.73. The monoisotopic (exact) mass is 287 g/mol. The molecule has 2 aromatic heterocycles. The van der Waals surface area contributed by atoms with Crippen LogP contribution in [0.4, 0.5) is 0 Å². The predicted octanol–water partition coefficient (Wildman–Crippen LogP) is 4.86. The van der Waals surface area contributed by atoms with E-state index in [4.69, 9.17) is 0 Å². The summed E-state index contributed by atoms with van der Waals surface area (Å²) in [5.74, 6) is 0. The van der Waals surface area contributed by atoms with Gasteiger partial charge in [-0.15, -0.1) is 11.3 Å². The number of rotatable bonds is 5. The van der Waals surface area contributed by atoms with E-state index in [1.54, 1.807) is 11.3 Å². The van der Waals surface area contributed by atoms with E-state index < -0.39 is 0 Å². The van der Waals surface area contributed by atoms with Crippen LogP contribution >= 0.6 is 22.7 Å². The molecule has 2 heterocycles. The van der Waals surface area contributed by atoms with Crippen molar-refractivity contribution in [2.45, 2.75) is 18.9 Å². The fourth-order valence-corrected chi connectivity index (χ4v) is 4.19. The summed E-state index contributed by atoms with van der Waals surface area (Å²) in [6.45, 7) is 0. The quantitative estimate of drug-likeness (QED) is 0.707. The van der Waals surface area contributed by atoms with Gasteiger partial charge in [-0.3, -0.25) is 0 Å². The zero-order chi connectivity index (χ0) is 13.1. The van der Waals surface area contributed by atoms with Crippen LogP contribution in [0.2, 0.25) is 0 Å². The van der Waals surface area contributed by atoms with Gasteiger partial charge in [-0.1, -0.05) is 18.2 Å². The van der Waals surface area contributed by atoms with Crippen molar-refractivity contribution in [3.8, 4) is 0 Å². The van der Waals surface area contributed by atoms with Crippen molar-refractivity contribution < 1.29 is 0 Å². The summed E-state index contributed by atoms with van der Waals surface area (Å²) in [7, 11) is 2.06. The topological polar surface area (TPSA) is 12.0 Å². The Morgan fingerprint density at radius 3 is 2.84 bits per heavy atom. The maximum atomic E-state index is 3.47. The van der Waals surface area contributed by atoms with E-state index >= 15 is 0 Å². The van der Waals surface area contributed by atoms with Crippen molar-refractivity contribution >= 4 is 32.8 Å². The van der Waals surface area contributed by atoms with E-state index in [1.807, 2.05) is 11.3 Å². The molecule has 1 N–H and O–H groups in total. The Morgan fingerprint density at radius 2 is 2.05 bits per heavy atom. The van der Waals surface area contributed by atoms with Crippen molar-refractivity contribution in [2.75, 3.05) is 7.05 Å². The fourth-order valence-electron chi connectivity index (χ4n) is 2.47. The van der Waals surface area contributed by atoms with Gasteiger partial charge in [-0.2, -0.15) is 11.3 Å². The standard InChI is InChI=1S/C16H17NS2/c1-17-15(7-6-12-8-9-18-10-12)14-11-19-16-5-3-2-4-13(14)16/h2-5,8-11,15,17H,6-7H2,1H3. The molecule has 1 aromatic carbocycles. The second-order valence-corrected chi connectivity index (χ2v) is 6.39. The second-order valence-electron chi connectivity index (χ2n) is 4.70. The normalized spacial score (nSPS) is 12.9. The van der Waals surface area contributed by atoms with Crippen LogP contribution < -0.4 is 5.32 Å². The summed E-state index contributed by atoms with van der Waals surface area (Å²) in [4.78, 5) is 0. The van der Waals surface area contributed by atoms with Gasteiger partial charge in [0.1, 0.15) is 0 Å². The number of aryl methyl sites for hydroxylation is 1. The average molecular weight is 287 g/mol. The lowest BCUT2D eigenvalue weighted by Gasteiger charge is -2.15. The van der Waals surface area contributed by atoms with Crippen LogP contribution in [0, 0.1) is 0 Å². The van der Waals surface area contributed by atoms with Gasteiger partial charge in [-0.25, -0.2) is 0 Å². The molecule has 19 heavy (non-hydrogen) atoms. The molecule has 0 aliphatic carbocycles. The van der Waals surface area contributed by atoms with Crippen LogP contribution in [-0.4, -0.2) is 7.05 Å². The fraction of sp³-hybridized carbons (Fsp3) is 0.250. The number of fused-ring (bicyclic) bond motifs is 1. The van der Waals surface area contributed by atoms with Gasteiger partial charge in [-0.05, 0) is 64.7 Å². The number of thiophene rings is 2. The maximum absolute atomic E-state index is 3.47. The lowest BCUT2D eigenvalue weighted by atomic mass is 10.00. The van der Waals surface area contributed by atoms with E-state index in [1.165, 1.54) is 21.2 Å². The summed E-state index contributed by atoms with van der Waals surface area (Å²) in [6, 6.07) is 11.3. The molecule has 0 aliphatic rings. The molecule has 3 aromatic rings. The summed E-state index contributed by atoms with van der Waals surface area (Å²) in [5.41, 5.74) is 2.89. The van der Waals surface area contributed by atoms with Crippen LogP contribution in [0.15, 0.2) is 46.5 Å².